The molecule has 0 aliphatic heterocycles. The summed E-state index contributed by atoms with van der Waals surface area (Å²) in [6.45, 7) is 6.64. The number of nitrogens with zero attached hydrogens (tertiary/aromatic N) is 2. The van der Waals surface area contributed by atoms with E-state index in [1.807, 2.05) is 37.3 Å². The molecule has 2 atom stereocenters. The quantitative estimate of drug-likeness (QED) is 0.0437. The number of nitrogens with one attached hydrogen (secondary N) is 2. The molecule has 0 radical (unpaired) electrons. The van der Waals surface area contributed by atoms with Crippen molar-refractivity contribution in [2.45, 2.75) is 122 Å². The topological polar surface area (TPSA) is 96.4 Å². The first-order valence-electron chi connectivity index (χ1n) is 17.9. The van der Waals surface area contributed by atoms with Gasteiger partial charge in [0, 0.05) is 17.9 Å². The van der Waals surface area contributed by atoms with Crippen molar-refractivity contribution in [1.82, 2.24) is 15.2 Å². The first-order valence-corrected chi connectivity index (χ1v) is 19.1. The van der Waals surface area contributed by atoms with Gasteiger partial charge in [0.1, 0.15) is 5.69 Å². The first-order chi connectivity index (χ1) is 23.6. The van der Waals surface area contributed by atoms with E-state index in [1.54, 1.807) is 5.01 Å². The minimum atomic E-state index is -0.541. The van der Waals surface area contributed by atoms with Crippen LogP contribution in [0.5, 0.6) is 0 Å². The lowest BCUT2D eigenvalue weighted by molar-refractivity contribution is -0.121. The van der Waals surface area contributed by atoms with Crippen LogP contribution < -0.4 is 16.0 Å². The lowest BCUT2D eigenvalue weighted by Crippen LogP contribution is -2.39. The Morgan fingerprint density at radius 2 is 1.51 bits per heavy atom. The molecule has 0 aliphatic rings. The molecule has 0 spiro atoms. The summed E-state index contributed by atoms with van der Waals surface area (Å²) in [7, 11) is 0. The van der Waals surface area contributed by atoms with Crippen molar-refractivity contribution in [3.05, 3.63) is 74.5 Å². The number of carbonyl (C=O) groups is 2. The highest BCUT2D eigenvalue weighted by Crippen LogP contribution is 2.31. The Morgan fingerprint density at radius 3 is 2.14 bits per heavy atom. The monoisotopic (exact) mass is 734 g/mol. The van der Waals surface area contributed by atoms with Crippen LogP contribution in [-0.4, -0.2) is 33.6 Å². The molecule has 0 bridgehead atoms. The number of ether oxygens (including phenoxy) is 1. The summed E-state index contributed by atoms with van der Waals surface area (Å²) < 4.78 is 6.47. The Hall–Kier alpha value is -2.94. The fourth-order valence-electron chi connectivity index (χ4n) is 5.88. The van der Waals surface area contributed by atoms with Crippen molar-refractivity contribution in [2.24, 2.45) is 5.92 Å². The van der Waals surface area contributed by atoms with Crippen LogP contribution in [0.25, 0.3) is 5.69 Å². The summed E-state index contributed by atoms with van der Waals surface area (Å²) in [6, 6.07) is 13.4. The maximum absolute atomic E-state index is 13.2. The molecule has 11 heteroatoms. The van der Waals surface area contributed by atoms with E-state index in [2.05, 4.69) is 24.4 Å². The zero-order valence-corrected chi connectivity index (χ0v) is 31.5. The number of para-hydroxylation sites is 1. The van der Waals surface area contributed by atoms with E-state index in [4.69, 9.17) is 39.5 Å². The third-order valence-corrected chi connectivity index (χ3v) is 9.39. The third-order valence-electron chi connectivity index (χ3n) is 8.59. The van der Waals surface area contributed by atoms with Crippen molar-refractivity contribution >= 4 is 58.2 Å². The van der Waals surface area contributed by atoms with Gasteiger partial charge in [0.25, 0.3) is 5.56 Å². The normalized spacial score (nSPS) is 12.4. The summed E-state index contributed by atoms with van der Waals surface area (Å²) in [6.07, 6.45) is 16.0. The predicted octanol–water partition coefficient (Wildman–Crippen LogP) is 10.9. The smallest absolute Gasteiger partial charge is 0.338 e. The molecule has 0 saturated carbocycles. The number of benzene rings is 2. The number of unbranched alkanes of at least 4 members (excludes halogenated alkanes) is 7. The number of aromatic amines is 1. The lowest BCUT2D eigenvalue weighted by atomic mass is 9.91. The van der Waals surface area contributed by atoms with E-state index in [0.717, 1.165) is 44.4 Å². The molecule has 8 nitrogen and oxygen atoms in total. The van der Waals surface area contributed by atoms with Crippen molar-refractivity contribution in [3.63, 3.8) is 0 Å². The van der Waals surface area contributed by atoms with Gasteiger partial charge in [-0.15, -0.1) is 11.6 Å². The Balaban J connectivity index is 1.55. The zero-order valence-electron chi connectivity index (χ0n) is 29.2. The third kappa shape index (κ3) is 13.7. The average molecular weight is 736 g/mol. The summed E-state index contributed by atoms with van der Waals surface area (Å²) in [4.78, 5) is 38.8. The summed E-state index contributed by atoms with van der Waals surface area (Å²) in [5.74, 6) is 0.415. The molecule has 2 N–H and O–H groups in total. The number of hydrazine groups is 1. The van der Waals surface area contributed by atoms with Crippen LogP contribution >= 0.6 is 34.8 Å². The number of rotatable bonds is 23. The molecule has 49 heavy (non-hydrogen) atoms. The first kappa shape index (κ1) is 40.5. The van der Waals surface area contributed by atoms with Gasteiger partial charge in [-0.25, -0.2) is 14.5 Å². The van der Waals surface area contributed by atoms with E-state index in [1.165, 1.54) is 74.2 Å². The highest BCUT2D eigenvalue weighted by Gasteiger charge is 2.21. The number of carbonyl (C=O) groups excluding carboxylic acids is 2. The zero-order chi connectivity index (χ0) is 35.6. The molecule has 0 aliphatic carbocycles. The SMILES string of the molecule is CCCCOC(=O)c1cc(Cl)c(-n2[nH]c(N(NC(=O)CCCCCCCCCC(CCC)CCC(C)Cl)c3ccccc3)cc2=O)c(Cl)c1. The molecule has 1 heterocycles. The van der Waals surface area contributed by atoms with Crippen LogP contribution in [-0.2, 0) is 9.53 Å². The Labute approximate surface area is 306 Å². The number of anilines is 2. The van der Waals surface area contributed by atoms with Crippen LogP contribution in [0, 0.1) is 5.92 Å². The van der Waals surface area contributed by atoms with Gasteiger partial charge >= 0.3 is 5.97 Å². The van der Waals surface area contributed by atoms with Crippen LogP contribution in [0.1, 0.15) is 127 Å². The number of H-pyrrole nitrogens is 1. The van der Waals surface area contributed by atoms with E-state index in [0.29, 0.717) is 24.5 Å². The molecule has 1 aromatic heterocycles. The van der Waals surface area contributed by atoms with E-state index < -0.39 is 11.5 Å². The fourth-order valence-corrected chi connectivity index (χ4v) is 6.67. The molecule has 1 amide bonds. The fraction of sp³-hybridized carbons (Fsp3) is 0.553. The Morgan fingerprint density at radius 1 is 0.857 bits per heavy atom. The van der Waals surface area contributed by atoms with Gasteiger partial charge in [0.2, 0.25) is 5.91 Å². The summed E-state index contributed by atoms with van der Waals surface area (Å²) in [5.41, 5.74) is 3.54. The van der Waals surface area contributed by atoms with Gasteiger partial charge in [-0.05, 0) is 62.8 Å². The highest BCUT2D eigenvalue weighted by molar-refractivity contribution is 6.38. The molecule has 0 saturated heterocycles. The number of alkyl halides is 1. The highest BCUT2D eigenvalue weighted by atomic mass is 35.5. The minimum Gasteiger partial charge on any atom is -0.462 e. The predicted molar refractivity (Wildman–Crippen MR) is 203 cm³/mol. The lowest BCUT2D eigenvalue weighted by Gasteiger charge is -2.23. The molecule has 3 rings (SSSR count). The molecular weight excluding hydrogens is 683 g/mol. The molecule has 2 unspecified atom stereocenters. The van der Waals surface area contributed by atoms with E-state index >= 15 is 0 Å². The van der Waals surface area contributed by atoms with Crippen LogP contribution in [0.15, 0.2) is 53.3 Å². The molecule has 2 aromatic carbocycles. The molecule has 3 aromatic rings. The van der Waals surface area contributed by atoms with Crippen molar-refractivity contribution in [2.75, 3.05) is 11.6 Å². The Kier molecular flexibility index (Phi) is 18.2. The second-order valence-electron chi connectivity index (χ2n) is 12.8. The van der Waals surface area contributed by atoms with E-state index in [9.17, 15) is 14.4 Å². The standard InChI is InChI=1S/C38H53Cl3N4O4/c1-4-6-24-49-38(48)30-25-32(40)37(33(41)26-30)45-36(47)27-34(42-45)44(31-19-14-12-15-20-31)43-35(46)21-16-11-9-7-8-10-13-18-29(17-5-2)23-22-28(3)39/h12,14-15,19-20,25-29,42H,4-11,13,16-18,21-24H2,1-3H3,(H,43,46). The Bertz CT molecular complexity index is 1470. The second-order valence-corrected chi connectivity index (χ2v) is 14.4. The summed E-state index contributed by atoms with van der Waals surface area (Å²) in [5, 5.41) is 5.02. The van der Waals surface area contributed by atoms with Gasteiger partial charge in [0.05, 0.1) is 27.9 Å². The number of halogens is 3. The molecule has 0 fully saturated rings. The second kappa shape index (κ2) is 22.0. The van der Waals surface area contributed by atoms with Crippen molar-refractivity contribution in [1.29, 1.82) is 0 Å². The van der Waals surface area contributed by atoms with Crippen molar-refractivity contribution < 1.29 is 14.3 Å². The number of amides is 1. The minimum absolute atomic E-state index is 0.0957. The van der Waals surface area contributed by atoms with Gasteiger partial charge in [-0.1, -0.05) is 119 Å². The van der Waals surface area contributed by atoms with Crippen LogP contribution in [0.2, 0.25) is 10.0 Å². The number of hydrogen-bond acceptors (Lipinski definition) is 5. The van der Waals surface area contributed by atoms with Gasteiger partial charge in [0.15, 0.2) is 5.82 Å². The van der Waals surface area contributed by atoms with Crippen LogP contribution in [0.3, 0.4) is 0 Å². The van der Waals surface area contributed by atoms with Gasteiger partial charge in [-0.3, -0.25) is 20.1 Å². The number of aromatic nitrogens is 2. The average Bonchev–Trinajstić information content (AvgIpc) is 3.45. The molecular formula is C38H53Cl3N4O4. The van der Waals surface area contributed by atoms with E-state index in [-0.39, 0.29) is 32.6 Å². The maximum atomic E-state index is 13.2. The van der Waals surface area contributed by atoms with Gasteiger partial charge in [-0.2, -0.15) is 0 Å². The molecule has 270 valence electrons. The summed E-state index contributed by atoms with van der Waals surface area (Å²) >= 11 is 19.2. The van der Waals surface area contributed by atoms with Crippen LogP contribution in [0.4, 0.5) is 11.5 Å². The van der Waals surface area contributed by atoms with Gasteiger partial charge < -0.3 is 4.74 Å². The largest absolute Gasteiger partial charge is 0.462 e. The number of esters is 1. The maximum Gasteiger partial charge on any atom is 0.338 e. The van der Waals surface area contributed by atoms with Crippen molar-refractivity contribution in [3.8, 4) is 5.69 Å². The number of hydrogen-bond donors (Lipinski definition) is 2.